The van der Waals surface area contributed by atoms with E-state index in [4.69, 9.17) is 0 Å². The lowest BCUT2D eigenvalue weighted by atomic mass is 10.1. The lowest BCUT2D eigenvalue weighted by Gasteiger charge is -2.13. The molecular formula is C13H15ClFN3. The standard InChI is InChI=1S/C13H14FN3.ClH/c14-12-7-11(17-10-3-5-15-8-10)6-9-2-1-4-16-13(9)12;/h1-2,4,6-7,10,15,17H,3,5,8H2;1H. The van der Waals surface area contributed by atoms with Crippen LogP contribution in [0.4, 0.5) is 10.1 Å². The van der Waals surface area contributed by atoms with Crippen LogP contribution in [0.15, 0.2) is 30.5 Å². The summed E-state index contributed by atoms with van der Waals surface area (Å²) in [6.45, 7) is 1.96. The number of aromatic nitrogens is 1. The molecule has 0 amide bonds. The number of hydrogen-bond acceptors (Lipinski definition) is 3. The van der Waals surface area contributed by atoms with Crippen LogP contribution >= 0.6 is 12.4 Å². The monoisotopic (exact) mass is 267 g/mol. The fraction of sp³-hybridized carbons (Fsp3) is 0.308. The summed E-state index contributed by atoms with van der Waals surface area (Å²) >= 11 is 0. The van der Waals surface area contributed by atoms with E-state index in [9.17, 15) is 4.39 Å². The van der Waals surface area contributed by atoms with Gasteiger partial charge in [0, 0.05) is 29.9 Å². The molecule has 1 aromatic carbocycles. The lowest BCUT2D eigenvalue weighted by molar-refractivity contribution is 0.636. The van der Waals surface area contributed by atoms with E-state index in [2.05, 4.69) is 15.6 Å². The van der Waals surface area contributed by atoms with E-state index in [0.29, 0.717) is 11.6 Å². The Labute approximate surface area is 111 Å². The number of fused-ring (bicyclic) bond motifs is 1. The molecule has 0 spiro atoms. The highest BCUT2D eigenvalue weighted by molar-refractivity contribution is 5.85. The van der Waals surface area contributed by atoms with Gasteiger partial charge in [-0.2, -0.15) is 0 Å². The molecule has 3 rings (SSSR count). The highest BCUT2D eigenvalue weighted by Crippen LogP contribution is 2.22. The third-order valence-electron chi connectivity index (χ3n) is 3.09. The predicted molar refractivity (Wildman–Crippen MR) is 73.8 cm³/mol. The Morgan fingerprint density at radius 1 is 1.39 bits per heavy atom. The van der Waals surface area contributed by atoms with Gasteiger partial charge in [-0.1, -0.05) is 6.07 Å². The van der Waals surface area contributed by atoms with Crippen molar-refractivity contribution < 1.29 is 4.39 Å². The molecule has 2 aromatic rings. The normalized spacial score (nSPS) is 18.6. The molecule has 1 aliphatic heterocycles. The van der Waals surface area contributed by atoms with Gasteiger partial charge in [-0.05, 0) is 31.2 Å². The smallest absolute Gasteiger partial charge is 0.151 e. The van der Waals surface area contributed by atoms with Crippen molar-refractivity contribution in [3.63, 3.8) is 0 Å². The average molecular weight is 268 g/mol. The molecule has 2 N–H and O–H groups in total. The quantitative estimate of drug-likeness (QED) is 0.878. The summed E-state index contributed by atoms with van der Waals surface area (Å²) in [5.74, 6) is -0.267. The Bertz CT molecular complexity index is 541. The van der Waals surface area contributed by atoms with Gasteiger partial charge in [-0.25, -0.2) is 4.39 Å². The molecular weight excluding hydrogens is 253 g/mol. The number of benzene rings is 1. The maximum absolute atomic E-state index is 13.8. The number of rotatable bonds is 2. The Balaban J connectivity index is 0.00000120. The number of halogens is 2. The SMILES string of the molecule is Cl.Fc1cc(NC2CCNC2)cc2cccnc12. The van der Waals surface area contributed by atoms with Crippen molar-refractivity contribution in [2.75, 3.05) is 18.4 Å². The minimum Gasteiger partial charge on any atom is -0.381 e. The average Bonchev–Trinajstić information content (AvgIpc) is 2.82. The second-order valence-corrected chi connectivity index (χ2v) is 4.37. The van der Waals surface area contributed by atoms with Crippen molar-refractivity contribution in [2.45, 2.75) is 12.5 Å². The minimum absolute atomic E-state index is 0. The first-order chi connectivity index (χ1) is 8.33. The summed E-state index contributed by atoms with van der Waals surface area (Å²) in [5.41, 5.74) is 1.26. The van der Waals surface area contributed by atoms with E-state index in [1.54, 1.807) is 6.20 Å². The zero-order valence-corrected chi connectivity index (χ0v) is 10.6. The summed E-state index contributed by atoms with van der Waals surface area (Å²) in [6.07, 6.45) is 2.69. The molecule has 18 heavy (non-hydrogen) atoms. The summed E-state index contributed by atoms with van der Waals surface area (Å²) in [7, 11) is 0. The largest absolute Gasteiger partial charge is 0.381 e. The fourth-order valence-corrected chi connectivity index (χ4v) is 2.24. The topological polar surface area (TPSA) is 37.0 Å². The Morgan fingerprint density at radius 2 is 2.28 bits per heavy atom. The predicted octanol–water partition coefficient (Wildman–Crippen LogP) is 2.57. The van der Waals surface area contributed by atoms with Crippen molar-refractivity contribution in [1.82, 2.24) is 10.3 Å². The maximum Gasteiger partial charge on any atom is 0.151 e. The van der Waals surface area contributed by atoms with E-state index in [0.717, 1.165) is 30.6 Å². The summed E-state index contributed by atoms with van der Waals surface area (Å²) in [6, 6.07) is 7.56. The van der Waals surface area contributed by atoms with Crippen molar-refractivity contribution in [1.29, 1.82) is 0 Å². The molecule has 0 saturated carbocycles. The van der Waals surface area contributed by atoms with Crippen LogP contribution in [-0.4, -0.2) is 24.1 Å². The first kappa shape index (κ1) is 13.1. The van der Waals surface area contributed by atoms with Crippen LogP contribution in [0.25, 0.3) is 10.9 Å². The zero-order valence-electron chi connectivity index (χ0n) is 9.82. The van der Waals surface area contributed by atoms with E-state index in [1.165, 1.54) is 6.07 Å². The molecule has 1 unspecified atom stereocenters. The van der Waals surface area contributed by atoms with Gasteiger partial charge < -0.3 is 10.6 Å². The van der Waals surface area contributed by atoms with Gasteiger partial charge in [0.2, 0.25) is 0 Å². The van der Waals surface area contributed by atoms with Crippen molar-refractivity contribution >= 4 is 29.0 Å². The molecule has 1 saturated heterocycles. The van der Waals surface area contributed by atoms with Crippen molar-refractivity contribution in [3.8, 4) is 0 Å². The van der Waals surface area contributed by atoms with Crippen molar-refractivity contribution in [3.05, 3.63) is 36.3 Å². The number of anilines is 1. The maximum atomic E-state index is 13.8. The third kappa shape index (κ3) is 2.54. The molecule has 5 heteroatoms. The second kappa shape index (κ2) is 5.50. The van der Waals surface area contributed by atoms with Gasteiger partial charge in [0.15, 0.2) is 5.82 Å². The molecule has 0 bridgehead atoms. The number of nitrogens with zero attached hydrogens (tertiary/aromatic N) is 1. The molecule has 3 nitrogen and oxygen atoms in total. The van der Waals surface area contributed by atoms with Gasteiger partial charge in [0.1, 0.15) is 5.52 Å². The van der Waals surface area contributed by atoms with Crippen LogP contribution in [-0.2, 0) is 0 Å². The minimum atomic E-state index is -0.267. The van der Waals surface area contributed by atoms with Gasteiger partial charge in [0.05, 0.1) is 0 Å². The highest BCUT2D eigenvalue weighted by Gasteiger charge is 2.14. The van der Waals surface area contributed by atoms with Gasteiger partial charge >= 0.3 is 0 Å². The first-order valence-corrected chi connectivity index (χ1v) is 5.84. The van der Waals surface area contributed by atoms with Crippen molar-refractivity contribution in [2.24, 2.45) is 0 Å². The molecule has 0 aliphatic carbocycles. The molecule has 1 fully saturated rings. The van der Waals surface area contributed by atoms with Crippen LogP contribution in [0.2, 0.25) is 0 Å². The van der Waals surface area contributed by atoms with Gasteiger partial charge in [-0.15, -0.1) is 12.4 Å². The number of pyridine rings is 1. The summed E-state index contributed by atoms with van der Waals surface area (Å²) < 4.78 is 13.8. The Hall–Kier alpha value is -1.39. The molecule has 96 valence electrons. The van der Waals surface area contributed by atoms with E-state index in [-0.39, 0.29) is 18.2 Å². The Morgan fingerprint density at radius 3 is 3.06 bits per heavy atom. The number of nitrogens with one attached hydrogen (secondary N) is 2. The summed E-state index contributed by atoms with van der Waals surface area (Å²) in [5, 5.41) is 7.45. The van der Waals surface area contributed by atoms with Crippen LogP contribution in [0.3, 0.4) is 0 Å². The number of hydrogen-bond donors (Lipinski definition) is 2. The molecule has 1 aromatic heterocycles. The van der Waals surface area contributed by atoms with E-state index in [1.807, 2.05) is 18.2 Å². The van der Waals surface area contributed by atoms with Crippen LogP contribution in [0.1, 0.15) is 6.42 Å². The van der Waals surface area contributed by atoms with E-state index >= 15 is 0 Å². The highest BCUT2D eigenvalue weighted by atomic mass is 35.5. The first-order valence-electron chi connectivity index (χ1n) is 5.84. The molecule has 2 heterocycles. The molecule has 1 aliphatic rings. The van der Waals surface area contributed by atoms with Crippen LogP contribution < -0.4 is 10.6 Å². The second-order valence-electron chi connectivity index (χ2n) is 4.37. The Kier molecular flexibility index (Phi) is 3.99. The summed E-state index contributed by atoms with van der Waals surface area (Å²) in [4.78, 5) is 4.04. The van der Waals surface area contributed by atoms with Gasteiger partial charge in [-0.3, -0.25) is 4.98 Å². The molecule has 0 radical (unpaired) electrons. The molecule has 1 atom stereocenters. The fourth-order valence-electron chi connectivity index (χ4n) is 2.24. The van der Waals surface area contributed by atoms with Gasteiger partial charge in [0.25, 0.3) is 0 Å². The van der Waals surface area contributed by atoms with E-state index < -0.39 is 0 Å². The lowest BCUT2D eigenvalue weighted by Crippen LogP contribution is -2.22. The third-order valence-corrected chi connectivity index (χ3v) is 3.09. The van der Waals surface area contributed by atoms with Crippen LogP contribution in [0.5, 0.6) is 0 Å². The zero-order chi connectivity index (χ0) is 11.7. The van der Waals surface area contributed by atoms with Crippen LogP contribution in [0, 0.1) is 5.82 Å².